The molecule has 0 atom stereocenters. The number of benzene rings is 1. The van der Waals surface area contributed by atoms with Crippen molar-refractivity contribution in [2.24, 2.45) is 0 Å². The summed E-state index contributed by atoms with van der Waals surface area (Å²) in [6, 6.07) is 7.36. The van der Waals surface area contributed by atoms with Gasteiger partial charge in [0.05, 0.1) is 10.6 Å². The van der Waals surface area contributed by atoms with E-state index in [9.17, 15) is 0 Å². The van der Waals surface area contributed by atoms with Gasteiger partial charge in [0, 0.05) is 13.5 Å². The highest BCUT2D eigenvalue weighted by Crippen LogP contribution is 2.31. The molecule has 0 aliphatic heterocycles. The maximum atomic E-state index is 6.12. The highest BCUT2D eigenvalue weighted by Gasteiger charge is 2.13. The SMILES string of the molecule is CCCc1nc(NC)c(C)c(Oc2ccccc2Cl)n1. The van der Waals surface area contributed by atoms with E-state index in [0.29, 0.717) is 16.7 Å². The Morgan fingerprint density at radius 2 is 2.00 bits per heavy atom. The van der Waals surface area contributed by atoms with Crippen LogP contribution in [0.5, 0.6) is 11.6 Å². The second-order valence-corrected chi connectivity index (χ2v) is 4.86. The van der Waals surface area contributed by atoms with Crippen LogP contribution in [0, 0.1) is 6.92 Å². The summed E-state index contributed by atoms with van der Waals surface area (Å²) in [5.74, 6) is 2.69. The third-order valence-corrected chi connectivity index (χ3v) is 3.21. The molecule has 20 heavy (non-hydrogen) atoms. The summed E-state index contributed by atoms with van der Waals surface area (Å²) < 4.78 is 5.85. The molecule has 0 aliphatic carbocycles. The first-order chi connectivity index (χ1) is 9.65. The molecule has 1 aromatic carbocycles. The number of anilines is 1. The number of aromatic nitrogens is 2. The first-order valence-corrected chi connectivity index (χ1v) is 7.01. The Morgan fingerprint density at radius 3 is 2.65 bits per heavy atom. The molecule has 0 bridgehead atoms. The van der Waals surface area contributed by atoms with E-state index in [0.717, 1.165) is 30.0 Å². The fourth-order valence-electron chi connectivity index (χ4n) is 1.85. The van der Waals surface area contributed by atoms with E-state index < -0.39 is 0 Å². The van der Waals surface area contributed by atoms with Gasteiger partial charge >= 0.3 is 0 Å². The molecule has 2 aromatic rings. The summed E-state index contributed by atoms with van der Waals surface area (Å²) in [6.07, 6.45) is 1.80. The Kier molecular flexibility index (Phi) is 4.79. The van der Waals surface area contributed by atoms with Gasteiger partial charge in [-0.2, -0.15) is 4.98 Å². The molecule has 1 heterocycles. The number of aryl methyl sites for hydroxylation is 1. The van der Waals surface area contributed by atoms with Crippen molar-refractivity contribution in [1.29, 1.82) is 0 Å². The van der Waals surface area contributed by atoms with Gasteiger partial charge in [0.25, 0.3) is 0 Å². The molecule has 5 heteroatoms. The van der Waals surface area contributed by atoms with Gasteiger partial charge in [-0.15, -0.1) is 0 Å². The largest absolute Gasteiger partial charge is 0.437 e. The van der Waals surface area contributed by atoms with Crippen molar-refractivity contribution in [3.05, 3.63) is 40.7 Å². The first kappa shape index (κ1) is 14.6. The molecule has 0 aliphatic rings. The van der Waals surface area contributed by atoms with E-state index in [2.05, 4.69) is 22.2 Å². The van der Waals surface area contributed by atoms with Gasteiger partial charge in [-0.25, -0.2) is 4.98 Å². The monoisotopic (exact) mass is 291 g/mol. The Labute approximate surface area is 124 Å². The number of para-hydroxylation sites is 1. The van der Waals surface area contributed by atoms with Crippen LogP contribution >= 0.6 is 11.6 Å². The van der Waals surface area contributed by atoms with Crippen LogP contribution in [0.15, 0.2) is 24.3 Å². The topological polar surface area (TPSA) is 47.0 Å². The highest BCUT2D eigenvalue weighted by atomic mass is 35.5. The molecule has 0 unspecified atom stereocenters. The second kappa shape index (κ2) is 6.57. The van der Waals surface area contributed by atoms with Gasteiger partial charge in [-0.1, -0.05) is 30.7 Å². The van der Waals surface area contributed by atoms with E-state index in [1.165, 1.54) is 0 Å². The summed E-state index contributed by atoms with van der Waals surface area (Å²) in [6.45, 7) is 4.02. The third-order valence-electron chi connectivity index (χ3n) is 2.90. The number of hydrogen-bond acceptors (Lipinski definition) is 4. The van der Waals surface area contributed by atoms with Gasteiger partial charge < -0.3 is 10.1 Å². The normalized spacial score (nSPS) is 10.4. The average Bonchev–Trinajstić information content (AvgIpc) is 2.45. The average molecular weight is 292 g/mol. The molecular weight excluding hydrogens is 274 g/mol. The van der Waals surface area contributed by atoms with Gasteiger partial charge in [-0.05, 0) is 25.5 Å². The highest BCUT2D eigenvalue weighted by molar-refractivity contribution is 6.32. The second-order valence-electron chi connectivity index (χ2n) is 4.45. The lowest BCUT2D eigenvalue weighted by Gasteiger charge is -2.13. The van der Waals surface area contributed by atoms with Gasteiger partial charge in [-0.3, -0.25) is 0 Å². The van der Waals surface area contributed by atoms with Crippen LogP contribution in [0.1, 0.15) is 24.7 Å². The minimum atomic E-state index is 0.543. The maximum absolute atomic E-state index is 6.12. The van der Waals surface area contributed by atoms with Crippen molar-refractivity contribution in [2.75, 3.05) is 12.4 Å². The molecular formula is C15H18ClN3O. The number of hydrogen-bond donors (Lipinski definition) is 1. The van der Waals surface area contributed by atoms with Crippen molar-refractivity contribution < 1.29 is 4.74 Å². The molecule has 0 spiro atoms. The van der Waals surface area contributed by atoms with Crippen LogP contribution < -0.4 is 10.1 Å². The molecule has 2 rings (SSSR count). The fourth-order valence-corrected chi connectivity index (χ4v) is 2.02. The van der Waals surface area contributed by atoms with Crippen LogP contribution in [0.25, 0.3) is 0 Å². The van der Waals surface area contributed by atoms with Crippen molar-refractivity contribution in [3.63, 3.8) is 0 Å². The Bertz CT molecular complexity index is 602. The molecule has 106 valence electrons. The molecule has 4 nitrogen and oxygen atoms in total. The number of nitrogens with zero attached hydrogens (tertiary/aromatic N) is 2. The molecule has 1 N–H and O–H groups in total. The van der Waals surface area contributed by atoms with Crippen LogP contribution in [0.2, 0.25) is 5.02 Å². The van der Waals surface area contributed by atoms with Crippen molar-refractivity contribution in [3.8, 4) is 11.6 Å². The number of rotatable bonds is 5. The van der Waals surface area contributed by atoms with Crippen molar-refractivity contribution in [1.82, 2.24) is 9.97 Å². The van der Waals surface area contributed by atoms with E-state index >= 15 is 0 Å². The summed E-state index contributed by atoms with van der Waals surface area (Å²) in [5, 5.41) is 3.63. The van der Waals surface area contributed by atoms with E-state index in [4.69, 9.17) is 16.3 Å². The summed E-state index contributed by atoms with van der Waals surface area (Å²) in [7, 11) is 1.84. The summed E-state index contributed by atoms with van der Waals surface area (Å²) in [4.78, 5) is 8.95. The van der Waals surface area contributed by atoms with Crippen LogP contribution in [0.4, 0.5) is 5.82 Å². The fraction of sp³-hybridized carbons (Fsp3) is 0.333. The van der Waals surface area contributed by atoms with Crippen molar-refractivity contribution >= 4 is 17.4 Å². The molecule has 1 aromatic heterocycles. The molecule has 0 fully saturated rings. The van der Waals surface area contributed by atoms with E-state index in [1.807, 2.05) is 32.2 Å². The molecule has 0 radical (unpaired) electrons. The predicted octanol–water partition coefficient (Wildman–Crippen LogP) is 4.22. The number of nitrogens with one attached hydrogen (secondary N) is 1. The molecule has 0 saturated heterocycles. The lowest BCUT2D eigenvalue weighted by molar-refractivity contribution is 0.455. The minimum absolute atomic E-state index is 0.543. The lowest BCUT2D eigenvalue weighted by atomic mass is 10.2. The summed E-state index contributed by atoms with van der Waals surface area (Å²) in [5.41, 5.74) is 0.868. The van der Waals surface area contributed by atoms with Gasteiger partial charge in [0.2, 0.25) is 5.88 Å². The van der Waals surface area contributed by atoms with E-state index in [-0.39, 0.29) is 0 Å². The Morgan fingerprint density at radius 1 is 1.25 bits per heavy atom. The van der Waals surface area contributed by atoms with Gasteiger partial charge in [0.15, 0.2) is 0 Å². The lowest BCUT2D eigenvalue weighted by Crippen LogP contribution is -2.05. The minimum Gasteiger partial charge on any atom is -0.437 e. The van der Waals surface area contributed by atoms with E-state index in [1.54, 1.807) is 6.07 Å². The van der Waals surface area contributed by atoms with Crippen molar-refractivity contribution in [2.45, 2.75) is 26.7 Å². The number of ether oxygens (including phenoxy) is 1. The standard InChI is InChI=1S/C15H18ClN3O/c1-4-7-13-18-14(17-3)10(2)15(19-13)20-12-9-6-5-8-11(12)16/h5-6,8-9H,4,7H2,1-3H3,(H,17,18,19). The van der Waals surface area contributed by atoms with Crippen LogP contribution in [0.3, 0.4) is 0 Å². The van der Waals surface area contributed by atoms with Crippen LogP contribution in [-0.4, -0.2) is 17.0 Å². The third kappa shape index (κ3) is 3.20. The summed E-state index contributed by atoms with van der Waals surface area (Å²) >= 11 is 6.12. The first-order valence-electron chi connectivity index (χ1n) is 6.63. The Balaban J connectivity index is 2.39. The predicted molar refractivity (Wildman–Crippen MR) is 81.8 cm³/mol. The van der Waals surface area contributed by atoms with Gasteiger partial charge in [0.1, 0.15) is 17.4 Å². The smallest absolute Gasteiger partial charge is 0.227 e. The maximum Gasteiger partial charge on any atom is 0.227 e. The number of halogens is 1. The zero-order valence-corrected chi connectivity index (χ0v) is 12.7. The zero-order chi connectivity index (χ0) is 14.5. The van der Waals surface area contributed by atoms with Crippen LogP contribution in [-0.2, 0) is 6.42 Å². The molecule has 0 amide bonds. The Hall–Kier alpha value is -1.81. The zero-order valence-electron chi connectivity index (χ0n) is 11.9. The quantitative estimate of drug-likeness (QED) is 0.896. The molecule has 0 saturated carbocycles.